The summed E-state index contributed by atoms with van der Waals surface area (Å²) in [4.78, 5) is 11.4. The molecule has 0 radical (unpaired) electrons. The Kier molecular flexibility index (Phi) is 4.43. The molecule has 16 heavy (non-hydrogen) atoms. The molecule has 1 aromatic carbocycles. The Bertz CT molecular complexity index is 404. The van der Waals surface area contributed by atoms with Gasteiger partial charge in [0.15, 0.2) is 5.78 Å². The first-order valence-corrected chi connectivity index (χ1v) is 6.03. The topological polar surface area (TPSA) is 17.1 Å². The molecule has 0 amide bonds. The van der Waals surface area contributed by atoms with Gasteiger partial charge in [-0.3, -0.25) is 4.79 Å². The van der Waals surface area contributed by atoms with Crippen LogP contribution in [0.2, 0.25) is 0 Å². The maximum Gasteiger partial charge on any atom is 0.446 e. The number of rotatable bonds is 3. The van der Waals surface area contributed by atoms with Gasteiger partial charge in [-0.05, 0) is 33.8 Å². The molecule has 0 aliphatic carbocycles. The van der Waals surface area contributed by atoms with Crippen LogP contribution in [0.15, 0.2) is 27.6 Å². The molecule has 0 heterocycles. The first kappa shape index (κ1) is 13.6. The molecule has 88 valence electrons. The largest absolute Gasteiger partial charge is 0.446 e. The predicted molar refractivity (Wildman–Crippen MR) is 60.7 cm³/mol. The van der Waals surface area contributed by atoms with Crippen molar-refractivity contribution < 1.29 is 18.0 Å². The lowest BCUT2D eigenvalue weighted by Crippen LogP contribution is -2.05. The zero-order valence-electron chi connectivity index (χ0n) is 8.27. The molecule has 0 fully saturated rings. The minimum atomic E-state index is -4.40. The summed E-state index contributed by atoms with van der Waals surface area (Å²) < 4.78 is 37.2. The van der Waals surface area contributed by atoms with Gasteiger partial charge in [-0.25, -0.2) is 0 Å². The average Bonchev–Trinajstić information content (AvgIpc) is 2.18. The number of halogens is 4. The maximum absolute atomic E-state index is 12.3. The second-order valence-electron chi connectivity index (χ2n) is 2.94. The molecule has 0 N–H and O–H groups in total. The van der Waals surface area contributed by atoms with E-state index in [1.807, 2.05) is 0 Å². The molecule has 0 saturated heterocycles. The molecule has 6 heteroatoms. The van der Waals surface area contributed by atoms with Crippen LogP contribution in [-0.4, -0.2) is 11.3 Å². The molecule has 0 atom stereocenters. The van der Waals surface area contributed by atoms with Crippen LogP contribution >= 0.6 is 27.7 Å². The number of hydrogen-bond acceptors (Lipinski definition) is 2. The quantitative estimate of drug-likeness (QED) is 0.597. The van der Waals surface area contributed by atoms with E-state index < -0.39 is 5.51 Å². The lowest BCUT2D eigenvalue weighted by atomic mass is 10.1. The lowest BCUT2D eigenvalue weighted by molar-refractivity contribution is -0.0328. The van der Waals surface area contributed by atoms with Crippen molar-refractivity contribution in [1.29, 1.82) is 0 Å². The predicted octanol–water partition coefficient (Wildman–Crippen LogP) is 4.65. The van der Waals surface area contributed by atoms with Crippen LogP contribution in [0.1, 0.15) is 23.7 Å². The zero-order valence-corrected chi connectivity index (χ0v) is 10.7. The summed E-state index contributed by atoms with van der Waals surface area (Å²) in [6.07, 6.45) is 0.182. The van der Waals surface area contributed by atoms with E-state index in [1.54, 1.807) is 13.0 Å². The Morgan fingerprint density at radius 2 is 2.06 bits per heavy atom. The Morgan fingerprint density at radius 3 is 2.56 bits per heavy atom. The van der Waals surface area contributed by atoms with Gasteiger partial charge in [0.1, 0.15) is 0 Å². The molecular formula is C10H8BrF3OS. The second kappa shape index (κ2) is 5.23. The van der Waals surface area contributed by atoms with E-state index in [0.717, 1.165) is 0 Å². The molecule has 0 saturated carbocycles. The van der Waals surface area contributed by atoms with Gasteiger partial charge >= 0.3 is 5.51 Å². The third-order valence-electron chi connectivity index (χ3n) is 1.81. The minimum Gasteiger partial charge on any atom is -0.294 e. The van der Waals surface area contributed by atoms with Crippen LogP contribution in [0.5, 0.6) is 0 Å². The smallest absolute Gasteiger partial charge is 0.294 e. The molecule has 0 spiro atoms. The highest BCUT2D eigenvalue weighted by Crippen LogP contribution is 2.42. The number of alkyl halides is 3. The second-order valence-corrected chi connectivity index (χ2v) is 4.87. The Morgan fingerprint density at radius 1 is 1.44 bits per heavy atom. The van der Waals surface area contributed by atoms with Crippen molar-refractivity contribution in [3.05, 3.63) is 28.2 Å². The Hall–Kier alpha value is -0.490. The third kappa shape index (κ3) is 3.52. The van der Waals surface area contributed by atoms with Crippen molar-refractivity contribution in [2.24, 2.45) is 0 Å². The standard InChI is InChI=1S/C10H8BrF3OS/c1-2-8(15)6-4-3-5-7(11)9(6)16-10(12,13)14/h3-5H,2H2,1H3. The van der Waals surface area contributed by atoms with E-state index in [0.29, 0.717) is 0 Å². The van der Waals surface area contributed by atoms with Gasteiger partial charge in [-0.1, -0.05) is 19.1 Å². The molecule has 0 aliphatic rings. The van der Waals surface area contributed by atoms with E-state index in [2.05, 4.69) is 15.9 Å². The zero-order chi connectivity index (χ0) is 12.3. The van der Waals surface area contributed by atoms with Gasteiger partial charge in [-0.2, -0.15) is 13.2 Å². The number of carbonyl (C=O) groups is 1. The van der Waals surface area contributed by atoms with E-state index in [1.165, 1.54) is 12.1 Å². The molecule has 1 aromatic rings. The summed E-state index contributed by atoms with van der Waals surface area (Å²) >= 11 is 2.75. The molecule has 1 nitrogen and oxygen atoms in total. The van der Waals surface area contributed by atoms with Crippen LogP contribution < -0.4 is 0 Å². The van der Waals surface area contributed by atoms with Crippen molar-refractivity contribution >= 4 is 33.5 Å². The van der Waals surface area contributed by atoms with Gasteiger partial charge in [0.05, 0.1) is 0 Å². The summed E-state index contributed by atoms with van der Waals surface area (Å²) in [6.45, 7) is 1.62. The van der Waals surface area contributed by atoms with E-state index in [4.69, 9.17) is 0 Å². The van der Waals surface area contributed by atoms with Crippen molar-refractivity contribution in [3.8, 4) is 0 Å². The number of benzene rings is 1. The van der Waals surface area contributed by atoms with Crippen molar-refractivity contribution in [1.82, 2.24) is 0 Å². The third-order valence-corrected chi connectivity index (χ3v) is 3.60. The van der Waals surface area contributed by atoms with Gasteiger partial charge in [0.2, 0.25) is 0 Å². The fourth-order valence-electron chi connectivity index (χ4n) is 1.14. The number of carbonyl (C=O) groups excluding carboxylic acids is 1. The van der Waals surface area contributed by atoms with Gasteiger partial charge in [0.25, 0.3) is 0 Å². The number of Topliss-reactive ketones (excluding diaryl/α,β-unsaturated/α-hetero) is 1. The van der Waals surface area contributed by atoms with E-state index in [-0.39, 0.29) is 38.9 Å². The number of hydrogen-bond donors (Lipinski definition) is 0. The fourth-order valence-corrected chi connectivity index (χ4v) is 2.44. The first-order valence-electron chi connectivity index (χ1n) is 4.42. The Labute approximate surface area is 104 Å². The van der Waals surface area contributed by atoms with Crippen LogP contribution in [0, 0.1) is 0 Å². The molecule has 0 unspecified atom stereocenters. The summed E-state index contributed by atoms with van der Waals surface area (Å²) in [5, 5.41) is 0. The summed E-state index contributed by atoms with van der Waals surface area (Å²) in [5.74, 6) is -0.298. The van der Waals surface area contributed by atoms with Gasteiger partial charge in [0, 0.05) is 21.4 Å². The highest BCUT2D eigenvalue weighted by atomic mass is 79.9. The lowest BCUT2D eigenvalue weighted by Gasteiger charge is -2.11. The fraction of sp³-hybridized carbons (Fsp3) is 0.300. The Balaban J connectivity index is 3.19. The molecule has 0 aromatic heterocycles. The van der Waals surface area contributed by atoms with E-state index >= 15 is 0 Å². The maximum atomic E-state index is 12.3. The molecule has 0 aliphatic heterocycles. The number of thioether (sulfide) groups is 1. The van der Waals surface area contributed by atoms with Crippen LogP contribution in [-0.2, 0) is 0 Å². The molecule has 1 rings (SSSR count). The monoisotopic (exact) mass is 312 g/mol. The summed E-state index contributed by atoms with van der Waals surface area (Å²) in [5.41, 5.74) is -4.29. The van der Waals surface area contributed by atoms with Gasteiger partial charge < -0.3 is 0 Å². The van der Waals surface area contributed by atoms with Crippen LogP contribution in [0.4, 0.5) is 13.2 Å². The van der Waals surface area contributed by atoms with Crippen LogP contribution in [0.25, 0.3) is 0 Å². The molecule has 0 bridgehead atoms. The normalized spacial score (nSPS) is 11.6. The number of ketones is 1. The molecular weight excluding hydrogens is 305 g/mol. The van der Waals surface area contributed by atoms with Crippen molar-refractivity contribution in [3.63, 3.8) is 0 Å². The van der Waals surface area contributed by atoms with Crippen molar-refractivity contribution in [2.45, 2.75) is 23.7 Å². The highest BCUT2D eigenvalue weighted by molar-refractivity contribution is 9.10. The summed E-state index contributed by atoms with van der Waals surface area (Å²) in [6, 6.07) is 4.44. The first-order chi connectivity index (χ1) is 7.35. The van der Waals surface area contributed by atoms with Gasteiger partial charge in [-0.15, -0.1) is 0 Å². The van der Waals surface area contributed by atoms with E-state index in [9.17, 15) is 18.0 Å². The average molecular weight is 313 g/mol. The van der Waals surface area contributed by atoms with Crippen LogP contribution in [0.3, 0.4) is 0 Å². The van der Waals surface area contributed by atoms with Crippen molar-refractivity contribution in [2.75, 3.05) is 0 Å². The summed E-state index contributed by atoms with van der Waals surface area (Å²) in [7, 11) is 0. The minimum absolute atomic E-state index is 0.0677. The highest BCUT2D eigenvalue weighted by Gasteiger charge is 2.32. The SMILES string of the molecule is CCC(=O)c1cccc(Br)c1SC(F)(F)F.